The molecule has 1 aromatic heterocycles. The van der Waals surface area contributed by atoms with Crippen molar-refractivity contribution < 1.29 is 13.6 Å². The van der Waals surface area contributed by atoms with Crippen LogP contribution in [0.5, 0.6) is 0 Å². The summed E-state index contributed by atoms with van der Waals surface area (Å²) in [5, 5.41) is 1.01. The van der Waals surface area contributed by atoms with Gasteiger partial charge in [0.1, 0.15) is 11.6 Å². The van der Waals surface area contributed by atoms with Gasteiger partial charge in [-0.05, 0) is 50.1 Å². The average Bonchev–Trinajstić information content (AvgIpc) is 3.05. The molecule has 26 heavy (non-hydrogen) atoms. The fourth-order valence-corrected chi connectivity index (χ4v) is 3.86. The Labute approximate surface area is 155 Å². The van der Waals surface area contributed by atoms with Crippen LogP contribution in [0.1, 0.15) is 36.4 Å². The summed E-state index contributed by atoms with van der Waals surface area (Å²) < 4.78 is 28.4. The highest BCUT2D eigenvalue weighted by Crippen LogP contribution is 2.25. The van der Waals surface area contributed by atoms with Crippen LogP contribution in [0.3, 0.4) is 0 Å². The molecule has 0 aliphatic heterocycles. The lowest BCUT2D eigenvalue weighted by Gasteiger charge is -2.25. The molecule has 3 nitrogen and oxygen atoms in total. The van der Waals surface area contributed by atoms with Gasteiger partial charge in [-0.2, -0.15) is 0 Å². The number of carbonyl (C=O) groups is 1. The summed E-state index contributed by atoms with van der Waals surface area (Å²) in [4.78, 5) is 18.4. The van der Waals surface area contributed by atoms with Crippen LogP contribution >= 0.6 is 11.3 Å². The van der Waals surface area contributed by atoms with Crippen LogP contribution in [-0.4, -0.2) is 22.8 Å². The Hall–Kier alpha value is -2.34. The first-order chi connectivity index (χ1) is 12.5. The van der Waals surface area contributed by atoms with Gasteiger partial charge in [-0.25, -0.2) is 13.8 Å². The zero-order valence-electron chi connectivity index (χ0n) is 14.7. The van der Waals surface area contributed by atoms with Gasteiger partial charge in [0.2, 0.25) is 5.91 Å². The molecule has 3 aromatic rings. The van der Waals surface area contributed by atoms with E-state index in [4.69, 9.17) is 0 Å². The first kappa shape index (κ1) is 18.5. The van der Waals surface area contributed by atoms with E-state index in [0.29, 0.717) is 12.8 Å². The molecule has 6 heteroatoms. The summed E-state index contributed by atoms with van der Waals surface area (Å²) in [5.41, 5.74) is 1.16. The molecule has 0 radical (unpaired) electrons. The maximum absolute atomic E-state index is 13.9. The van der Waals surface area contributed by atoms with Crippen LogP contribution in [-0.2, 0) is 11.2 Å². The summed E-state index contributed by atoms with van der Waals surface area (Å²) in [6.45, 7) is 1.70. The summed E-state index contributed by atoms with van der Waals surface area (Å²) in [6, 6.07) is 10.7. The lowest BCUT2D eigenvalue weighted by Crippen LogP contribution is -2.30. The van der Waals surface area contributed by atoms with Crippen molar-refractivity contribution in [3.05, 3.63) is 64.7 Å². The maximum atomic E-state index is 13.9. The molecular weight excluding hydrogens is 354 g/mol. The molecule has 2 aromatic carbocycles. The number of aryl methyl sites for hydroxylation is 1. The van der Waals surface area contributed by atoms with Gasteiger partial charge >= 0.3 is 0 Å². The molecule has 1 atom stereocenters. The summed E-state index contributed by atoms with van der Waals surface area (Å²) in [6.07, 6.45) is 1.73. The number of fused-ring (bicyclic) bond motifs is 1. The van der Waals surface area contributed by atoms with Gasteiger partial charge in [-0.3, -0.25) is 4.79 Å². The second kappa shape index (κ2) is 7.91. The molecule has 136 valence electrons. The normalized spacial score (nSPS) is 12.3. The standard InChI is InChI=1S/C20H20F2N2OS/c1-13(15-12-14(21)10-11-16(15)22)24(2)20(25)9-5-8-19-23-17-6-3-4-7-18(17)26-19/h3-4,6-7,10-13H,5,8-9H2,1-2H3. The molecule has 0 N–H and O–H groups in total. The number of benzene rings is 2. The van der Waals surface area contributed by atoms with E-state index in [-0.39, 0.29) is 11.5 Å². The van der Waals surface area contributed by atoms with E-state index in [1.165, 1.54) is 4.90 Å². The fraction of sp³-hybridized carbons (Fsp3) is 0.300. The quantitative estimate of drug-likeness (QED) is 0.600. The lowest BCUT2D eigenvalue weighted by atomic mass is 10.1. The second-order valence-electron chi connectivity index (χ2n) is 6.28. The number of amides is 1. The van der Waals surface area contributed by atoms with Crippen molar-refractivity contribution in [3.63, 3.8) is 0 Å². The Morgan fingerprint density at radius 1 is 1.23 bits per heavy atom. The van der Waals surface area contributed by atoms with Crippen molar-refractivity contribution in [1.82, 2.24) is 9.88 Å². The van der Waals surface area contributed by atoms with Crippen LogP contribution in [0.4, 0.5) is 8.78 Å². The Morgan fingerprint density at radius 3 is 2.77 bits per heavy atom. The van der Waals surface area contributed by atoms with Crippen molar-refractivity contribution in [2.24, 2.45) is 0 Å². The number of hydrogen-bond acceptors (Lipinski definition) is 3. The third-order valence-electron chi connectivity index (χ3n) is 4.50. The van der Waals surface area contributed by atoms with Gasteiger partial charge in [0.15, 0.2) is 0 Å². The molecular formula is C20H20F2N2OS. The van der Waals surface area contributed by atoms with E-state index in [2.05, 4.69) is 4.98 Å². The second-order valence-corrected chi connectivity index (χ2v) is 7.39. The fourth-order valence-electron chi connectivity index (χ4n) is 2.85. The van der Waals surface area contributed by atoms with Crippen molar-refractivity contribution in [1.29, 1.82) is 0 Å². The molecule has 1 amide bonds. The van der Waals surface area contributed by atoms with E-state index < -0.39 is 17.7 Å². The van der Waals surface area contributed by atoms with Gasteiger partial charge in [-0.15, -0.1) is 11.3 Å². The number of para-hydroxylation sites is 1. The Kier molecular flexibility index (Phi) is 5.61. The van der Waals surface area contributed by atoms with Gasteiger partial charge in [0.05, 0.1) is 21.3 Å². The molecule has 0 saturated heterocycles. The first-order valence-electron chi connectivity index (χ1n) is 8.51. The van der Waals surface area contributed by atoms with Crippen LogP contribution < -0.4 is 0 Å². The van der Waals surface area contributed by atoms with Crippen LogP contribution in [0.15, 0.2) is 42.5 Å². The lowest BCUT2D eigenvalue weighted by molar-refractivity contribution is -0.131. The van der Waals surface area contributed by atoms with E-state index in [9.17, 15) is 13.6 Å². The van der Waals surface area contributed by atoms with Crippen LogP contribution in [0, 0.1) is 11.6 Å². The topological polar surface area (TPSA) is 33.2 Å². The predicted molar refractivity (Wildman–Crippen MR) is 100 cm³/mol. The minimum Gasteiger partial charge on any atom is -0.339 e. The monoisotopic (exact) mass is 374 g/mol. The molecule has 0 fully saturated rings. The van der Waals surface area contributed by atoms with E-state index in [1.807, 2.05) is 24.3 Å². The number of carbonyl (C=O) groups excluding carboxylic acids is 1. The zero-order valence-corrected chi connectivity index (χ0v) is 15.5. The van der Waals surface area contributed by atoms with Crippen LogP contribution in [0.2, 0.25) is 0 Å². The highest BCUT2D eigenvalue weighted by Gasteiger charge is 2.20. The van der Waals surface area contributed by atoms with E-state index in [1.54, 1.807) is 25.3 Å². The molecule has 1 heterocycles. The molecule has 1 unspecified atom stereocenters. The van der Waals surface area contributed by atoms with E-state index in [0.717, 1.165) is 39.8 Å². The molecule has 0 aliphatic rings. The minimum atomic E-state index is -0.527. The SMILES string of the molecule is CC(c1cc(F)ccc1F)N(C)C(=O)CCCc1nc2ccccc2s1. The Morgan fingerprint density at radius 2 is 2.00 bits per heavy atom. The summed E-state index contributed by atoms with van der Waals surface area (Å²) in [5.74, 6) is -1.11. The van der Waals surface area contributed by atoms with Gasteiger partial charge < -0.3 is 4.90 Å². The number of thiazole rings is 1. The summed E-state index contributed by atoms with van der Waals surface area (Å²) >= 11 is 1.64. The largest absolute Gasteiger partial charge is 0.339 e. The molecule has 0 saturated carbocycles. The highest BCUT2D eigenvalue weighted by atomic mass is 32.1. The number of aromatic nitrogens is 1. The van der Waals surface area contributed by atoms with Crippen molar-refractivity contribution in [3.8, 4) is 0 Å². The molecule has 3 rings (SSSR count). The maximum Gasteiger partial charge on any atom is 0.222 e. The van der Waals surface area contributed by atoms with Crippen molar-refractivity contribution in [2.45, 2.75) is 32.2 Å². The first-order valence-corrected chi connectivity index (χ1v) is 9.32. The highest BCUT2D eigenvalue weighted by molar-refractivity contribution is 7.18. The number of hydrogen-bond donors (Lipinski definition) is 0. The number of rotatable bonds is 6. The number of nitrogens with zero attached hydrogens (tertiary/aromatic N) is 2. The predicted octanol–water partition coefficient (Wildman–Crippen LogP) is 5.12. The average molecular weight is 374 g/mol. The van der Waals surface area contributed by atoms with Crippen molar-refractivity contribution >= 4 is 27.5 Å². The molecule has 0 spiro atoms. The van der Waals surface area contributed by atoms with Gasteiger partial charge in [0.25, 0.3) is 0 Å². The van der Waals surface area contributed by atoms with Crippen molar-refractivity contribution in [2.75, 3.05) is 7.05 Å². The Bertz CT molecular complexity index is 892. The minimum absolute atomic E-state index is 0.0951. The Balaban J connectivity index is 1.57. The zero-order chi connectivity index (χ0) is 18.7. The summed E-state index contributed by atoms with van der Waals surface area (Å²) in [7, 11) is 1.62. The third kappa shape index (κ3) is 4.07. The molecule has 0 aliphatic carbocycles. The smallest absolute Gasteiger partial charge is 0.222 e. The van der Waals surface area contributed by atoms with Crippen LogP contribution in [0.25, 0.3) is 10.2 Å². The number of halogens is 2. The van der Waals surface area contributed by atoms with Gasteiger partial charge in [0, 0.05) is 19.0 Å². The van der Waals surface area contributed by atoms with E-state index >= 15 is 0 Å². The van der Waals surface area contributed by atoms with Gasteiger partial charge in [-0.1, -0.05) is 12.1 Å². The third-order valence-corrected chi connectivity index (χ3v) is 5.60. The molecule has 0 bridgehead atoms.